The van der Waals surface area contributed by atoms with Crippen LogP contribution >= 0.6 is 0 Å². The molecule has 5 rings (SSSR count). The van der Waals surface area contributed by atoms with Crippen molar-refractivity contribution >= 4 is 12.0 Å². The quantitative estimate of drug-likeness (QED) is 0.483. The zero-order valence-electron chi connectivity index (χ0n) is 21.5. The molecule has 11 heteroatoms. The van der Waals surface area contributed by atoms with Gasteiger partial charge in [-0.05, 0) is 42.5 Å². The Morgan fingerprint density at radius 3 is 2.54 bits per heavy atom. The van der Waals surface area contributed by atoms with Gasteiger partial charge in [0, 0.05) is 44.1 Å². The highest BCUT2D eigenvalue weighted by Gasteiger charge is 2.34. The summed E-state index contributed by atoms with van der Waals surface area (Å²) in [6.45, 7) is 7.48. The molecule has 0 bridgehead atoms. The van der Waals surface area contributed by atoms with Crippen LogP contribution in [0.25, 0.3) is 0 Å². The Kier molecular flexibility index (Phi) is 7.40. The van der Waals surface area contributed by atoms with Crippen molar-refractivity contribution in [2.45, 2.75) is 44.6 Å². The lowest BCUT2D eigenvalue weighted by Crippen LogP contribution is -2.35. The smallest absolute Gasteiger partial charge is 0.324 e. The minimum atomic E-state index is -0.281. The summed E-state index contributed by atoms with van der Waals surface area (Å²) in [6.07, 6.45) is 5.33. The average Bonchev–Trinajstić information content (AvgIpc) is 3.56. The number of hydrogen-bond donors (Lipinski definition) is 1. The summed E-state index contributed by atoms with van der Waals surface area (Å²) in [6, 6.07) is 5.11. The van der Waals surface area contributed by atoms with Crippen LogP contribution in [0.4, 0.5) is 16.4 Å². The average molecular weight is 512 g/mol. The number of benzene rings is 1. The normalized spacial score (nSPS) is 20.6. The van der Waals surface area contributed by atoms with Gasteiger partial charge < -0.3 is 29.5 Å². The Morgan fingerprint density at radius 1 is 1.11 bits per heavy atom. The molecule has 1 aromatic carbocycles. The standard InChI is InChI=1S/C26H34FN7O3/c1-16(2)24-31-26(37-32-24)33-8-6-17(7-9-33)15-36-19-11-29-25(30-12-19)34-13-21(23(28)14-34)20-10-18(35-3)4-5-22(20)27/h4-5,10-12,16-17,21,23H,6-9,13-15,28H2,1-3H3/t21-,23+/m0/s1. The van der Waals surface area contributed by atoms with E-state index >= 15 is 0 Å². The Morgan fingerprint density at radius 2 is 1.86 bits per heavy atom. The lowest BCUT2D eigenvalue weighted by atomic mass is 9.94. The molecule has 2 aliphatic heterocycles. The van der Waals surface area contributed by atoms with Gasteiger partial charge in [-0.25, -0.2) is 14.4 Å². The van der Waals surface area contributed by atoms with Crippen LogP contribution in [-0.4, -0.2) is 66.0 Å². The summed E-state index contributed by atoms with van der Waals surface area (Å²) in [4.78, 5) is 17.6. The molecule has 37 heavy (non-hydrogen) atoms. The van der Waals surface area contributed by atoms with Gasteiger partial charge in [0.05, 0.1) is 26.1 Å². The van der Waals surface area contributed by atoms with Crippen molar-refractivity contribution in [3.05, 3.63) is 47.8 Å². The summed E-state index contributed by atoms with van der Waals surface area (Å²) in [5.41, 5.74) is 6.93. The molecule has 2 N–H and O–H groups in total. The van der Waals surface area contributed by atoms with Gasteiger partial charge in [0.15, 0.2) is 11.6 Å². The third kappa shape index (κ3) is 5.61. The van der Waals surface area contributed by atoms with Crippen LogP contribution < -0.4 is 25.0 Å². The second-order valence-corrected chi connectivity index (χ2v) is 10.1. The molecule has 2 aromatic heterocycles. The van der Waals surface area contributed by atoms with Crippen LogP contribution in [0.3, 0.4) is 0 Å². The minimum absolute atomic E-state index is 0.176. The van der Waals surface area contributed by atoms with E-state index < -0.39 is 0 Å². The van der Waals surface area contributed by atoms with Crippen LogP contribution in [0.2, 0.25) is 0 Å². The van der Waals surface area contributed by atoms with Crippen LogP contribution in [0.5, 0.6) is 11.5 Å². The highest BCUT2D eigenvalue weighted by Crippen LogP contribution is 2.32. The topological polar surface area (TPSA) is 116 Å². The second-order valence-electron chi connectivity index (χ2n) is 10.1. The largest absolute Gasteiger partial charge is 0.497 e. The number of nitrogens with two attached hydrogens (primary N) is 1. The van der Waals surface area contributed by atoms with E-state index in [0.717, 1.165) is 31.8 Å². The zero-order valence-corrected chi connectivity index (χ0v) is 21.5. The number of rotatable bonds is 8. The molecule has 0 radical (unpaired) electrons. The number of halogens is 1. The van der Waals surface area contributed by atoms with Crippen LogP contribution in [-0.2, 0) is 0 Å². The van der Waals surface area contributed by atoms with E-state index in [1.807, 2.05) is 4.90 Å². The maximum Gasteiger partial charge on any atom is 0.324 e. The number of hydrogen-bond acceptors (Lipinski definition) is 10. The number of methoxy groups -OCH3 is 1. The molecule has 2 aliphatic rings. The molecule has 4 heterocycles. The van der Waals surface area contributed by atoms with Gasteiger partial charge in [-0.15, -0.1) is 0 Å². The van der Waals surface area contributed by atoms with Crippen molar-refractivity contribution in [3.8, 4) is 11.5 Å². The van der Waals surface area contributed by atoms with Crippen molar-refractivity contribution < 1.29 is 18.4 Å². The van der Waals surface area contributed by atoms with Gasteiger partial charge in [0.1, 0.15) is 11.6 Å². The minimum Gasteiger partial charge on any atom is -0.497 e. The van der Waals surface area contributed by atoms with E-state index in [2.05, 4.69) is 38.9 Å². The molecule has 3 aromatic rings. The first-order chi connectivity index (χ1) is 17.9. The van der Waals surface area contributed by atoms with E-state index in [-0.39, 0.29) is 23.7 Å². The SMILES string of the molecule is COc1ccc(F)c([C@@H]2CN(c3ncc(OCC4CCN(c5nc(C(C)C)no5)CC4)cn3)C[C@H]2N)c1. The molecular weight excluding hydrogens is 477 g/mol. The predicted molar refractivity (Wildman–Crippen MR) is 137 cm³/mol. The molecule has 2 fully saturated rings. The van der Waals surface area contributed by atoms with Crippen LogP contribution in [0.15, 0.2) is 35.1 Å². The Labute approximate surface area is 216 Å². The van der Waals surface area contributed by atoms with Gasteiger partial charge in [-0.3, -0.25) is 0 Å². The summed E-state index contributed by atoms with van der Waals surface area (Å²) >= 11 is 0. The van der Waals surface area contributed by atoms with Crippen molar-refractivity contribution in [1.29, 1.82) is 0 Å². The molecule has 2 saturated heterocycles. The van der Waals surface area contributed by atoms with Gasteiger partial charge in [0.25, 0.3) is 0 Å². The van der Waals surface area contributed by atoms with Crippen LogP contribution in [0, 0.1) is 11.7 Å². The third-order valence-electron chi connectivity index (χ3n) is 7.18. The van der Waals surface area contributed by atoms with Gasteiger partial charge in [-0.2, -0.15) is 4.98 Å². The summed E-state index contributed by atoms with van der Waals surface area (Å²) in [5, 5.41) is 4.06. The molecule has 0 unspecified atom stereocenters. The van der Waals surface area contributed by atoms with Gasteiger partial charge in [0.2, 0.25) is 5.95 Å². The summed E-state index contributed by atoms with van der Waals surface area (Å²) < 4.78 is 31.2. The number of piperidine rings is 1. The van der Waals surface area contributed by atoms with Crippen molar-refractivity contribution in [1.82, 2.24) is 20.1 Å². The van der Waals surface area contributed by atoms with Gasteiger partial charge in [-0.1, -0.05) is 19.0 Å². The van der Waals surface area contributed by atoms with E-state index in [9.17, 15) is 4.39 Å². The molecule has 2 atom stereocenters. The maximum atomic E-state index is 14.5. The molecule has 198 valence electrons. The second kappa shape index (κ2) is 10.9. The first-order valence-electron chi connectivity index (χ1n) is 12.8. The van der Waals surface area contributed by atoms with Crippen molar-refractivity contribution in [2.75, 3.05) is 49.7 Å². The maximum absolute atomic E-state index is 14.5. The van der Waals surface area contributed by atoms with Crippen LogP contribution in [0.1, 0.15) is 49.9 Å². The lowest BCUT2D eigenvalue weighted by Gasteiger charge is -2.30. The number of aromatic nitrogens is 4. The summed E-state index contributed by atoms with van der Waals surface area (Å²) in [7, 11) is 1.57. The van der Waals surface area contributed by atoms with E-state index in [4.69, 9.17) is 19.7 Å². The predicted octanol–water partition coefficient (Wildman–Crippen LogP) is 3.36. The fourth-order valence-electron chi connectivity index (χ4n) is 4.90. The Bertz CT molecular complexity index is 1180. The van der Waals surface area contributed by atoms with Crippen molar-refractivity contribution in [3.63, 3.8) is 0 Å². The summed E-state index contributed by atoms with van der Waals surface area (Å²) in [5.74, 6) is 2.75. The Balaban J connectivity index is 1.12. The fraction of sp³-hybridized carbons (Fsp3) is 0.538. The van der Waals surface area contributed by atoms with Crippen molar-refractivity contribution in [2.24, 2.45) is 11.7 Å². The number of ether oxygens (including phenoxy) is 2. The zero-order chi connectivity index (χ0) is 25.9. The fourth-order valence-corrected chi connectivity index (χ4v) is 4.90. The molecule has 0 spiro atoms. The number of nitrogens with zero attached hydrogens (tertiary/aromatic N) is 6. The lowest BCUT2D eigenvalue weighted by molar-refractivity contribution is 0.219. The first-order valence-corrected chi connectivity index (χ1v) is 12.8. The molecule has 0 amide bonds. The molecule has 10 nitrogen and oxygen atoms in total. The van der Waals surface area contributed by atoms with E-state index in [0.29, 0.717) is 54.6 Å². The molecular formula is C26H34FN7O3. The highest BCUT2D eigenvalue weighted by atomic mass is 19.1. The van der Waals surface area contributed by atoms with E-state index in [1.54, 1.807) is 31.6 Å². The third-order valence-corrected chi connectivity index (χ3v) is 7.18. The monoisotopic (exact) mass is 511 g/mol. The molecule has 0 saturated carbocycles. The first kappa shape index (κ1) is 25.2. The number of anilines is 2. The van der Waals surface area contributed by atoms with E-state index in [1.165, 1.54) is 6.07 Å². The van der Waals surface area contributed by atoms with Gasteiger partial charge >= 0.3 is 6.01 Å². The Hall–Kier alpha value is -3.47. The molecule has 0 aliphatic carbocycles. The highest BCUT2D eigenvalue weighted by molar-refractivity contribution is 5.41.